The van der Waals surface area contributed by atoms with E-state index in [-0.39, 0.29) is 0 Å². The van der Waals surface area contributed by atoms with Crippen LogP contribution in [-0.2, 0) is 0 Å². The van der Waals surface area contributed by atoms with Crippen LogP contribution < -0.4 is 0 Å². The van der Waals surface area contributed by atoms with Gasteiger partial charge in [0.25, 0.3) is 0 Å². The molecule has 0 fully saturated rings. The van der Waals surface area contributed by atoms with Gasteiger partial charge in [0.1, 0.15) is 0 Å². The van der Waals surface area contributed by atoms with Crippen molar-refractivity contribution in [1.29, 1.82) is 0 Å². The van der Waals surface area contributed by atoms with Gasteiger partial charge in [-0.05, 0) is 56.7 Å². The lowest BCUT2D eigenvalue weighted by Crippen LogP contribution is -1.99. The summed E-state index contributed by atoms with van der Waals surface area (Å²) in [5.74, 6) is 0. The molecule has 0 aliphatic carbocycles. The lowest BCUT2D eigenvalue weighted by Gasteiger charge is -2.10. The van der Waals surface area contributed by atoms with Gasteiger partial charge in [-0.25, -0.2) is 0 Å². The summed E-state index contributed by atoms with van der Waals surface area (Å²) in [6.45, 7) is 6.36. The van der Waals surface area contributed by atoms with E-state index in [2.05, 4.69) is 65.6 Å². The SMILES string of the molecule is Cc1cccc(-n2c(C)cc(C=Nc3cccnc3)c2C)c1. The van der Waals surface area contributed by atoms with Crippen LogP contribution in [0.1, 0.15) is 22.5 Å². The van der Waals surface area contributed by atoms with Crippen LogP contribution in [0.4, 0.5) is 5.69 Å². The Bertz CT molecular complexity index is 814. The molecule has 0 saturated carbocycles. The fourth-order valence-electron chi connectivity index (χ4n) is 2.66. The van der Waals surface area contributed by atoms with Crippen molar-refractivity contribution < 1.29 is 0 Å². The smallest absolute Gasteiger partial charge is 0.0813 e. The third kappa shape index (κ3) is 2.84. The van der Waals surface area contributed by atoms with E-state index in [1.807, 2.05) is 18.3 Å². The Kier molecular flexibility index (Phi) is 3.88. The maximum atomic E-state index is 4.50. The van der Waals surface area contributed by atoms with E-state index in [4.69, 9.17) is 0 Å². The van der Waals surface area contributed by atoms with Crippen LogP contribution in [0.15, 0.2) is 59.9 Å². The second kappa shape index (κ2) is 5.98. The van der Waals surface area contributed by atoms with Crippen molar-refractivity contribution in [2.75, 3.05) is 0 Å². The van der Waals surface area contributed by atoms with Gasteiger partial charge in [-0.1, -0.05) is 12.1 Å². The maximum absolute atomic E-state index is 4.50. The van der Waals surface area contributed by atoms with Crippen LogP contribution in [0.25, 0.3) is 5.69 Å². The zero-order valence-electron chi connectivity index (χ0n) is 13.1. The highest BCUT2D eigenvalue weighted by Crippen LogP contribution is 2.21. The molecule has 0 aliphatic rings. The lowest BCUT2D eigenvalue weighted by molar-refractivity contribution is 0.963. The lowest BCUT2D eigenvalue weighted by atomic mass is 10.2. The first-order valence-corrected chi connectivity index (χ1v) is 7.35. The summed E-state index contributed by atoms with van der Waals surface area (Å²) >= 11 is 0. The third-order valence-corrected chi connectivity index (χ3v) is 3.73. The first-order valence-electron chi connectivity index (χ1n) is 7.35. The van der Waals surface area contributed by atoms with Crippen molar-refractivity contribution in [1.82, 2.24) is 9.55 Å². The van der Waals surface area contributed by atoms with Crippen LogP contribution in [0.2, 0.25) is 0 Å². The fourth-order valence-corrected chi connectivity index (χ4v) is 2.66. The van der Waals surface area contributed by atoms with Crippen molar-refractivity contribution in [3.63, 3.8) is 0 Å². The van der Waals surface area contributed by atoms with E-state index in [1.165, 1.54) is 22.6 Å². The van der Waals surface area contributed by atoms with Crippen molar-refractivity contribution >= 4 is 11.9 Å². The Morgan fingerprint density at radius 1 is 1.05 bits per heavy atom. The zero-order valence-corrected chi connectivity index (χ0v) is 13.1. The second-order valence-electron chi connectivity index (χ2n) is 5.47. The Morgan fingerprint density at radius 2 is 1.91 bits per heavy atom. The first-order chi connectivity index (χ1) is 10.6. The molecule has 1 aromatic carbocycles. The predicted octanol–water partition coefficient (Wildman–Crippen LogP) is 4.55. The number of rotatable bonds is 3. The number of pyridine rings is 1. The minimum absolute atomic E-state index is 0.864. The van der Waals surface area contributed by atoms with Crippen LogP contribution in [0, 0.1) is 20.8 Å². The van der Waals surface area contributed by atoms with Crippen LogP contribution in [0.3, 0.4) is 0 Å². The van der Waals surface area contributed by atoms with Crippen LogP contribution >= 0.6 is 0 Å². The molecule has 2 aromatic heterocycles. The van der Waals surface area contributed by atoms with Gasteiger partial charge in [0.05, 0.1) is 11.9 Å². The number of hydrogen-bond donors (Lipinski definition) is 0. The highest BCUT2D eigenvalue weighted by atomic mass is 15.0. The average molecular weight is 289 g/mol. The minimum Gasteiger partial charge on any atom is -0.318 e. The van der Waals surface area contributed by atoms with E-state index in [1.54, 1.807) is 12.4 Å². The van der Waals surface area contributed by atoms with Gasteiger partial charge in [-0.15, -0.1) is 0 Å². The molecule has 0 saturated heterocycles. The summed E-state index contributed by atoms with van der Waals surface area (Å²) in [6, 6.07) is 14.5. The molecule has 0 spiro atoms. The summed E-state index contributed by atoms with van der Waals surface area (Å²) in [7, 11) is 0. The number of nitrogens with zero attached hydrogens (tertiary/aromatic N) is 3. The molecule has 0 bridgehead atoms. The van der Waals surface area contributed by atoms with E-state index in [0.29, 0.717) is 0 Å². The highest BCUT2D eigenvalue weighted by Gasteiger charge is 2.09. The fraction of sp³-hybridized carbons (Fsp3) is 0.158. The average Bonchev–Trinajstić information content (AvgIpc) is 2.80. The number of aliphatic imine (C=N–C) groups is 1. The molecule has 3 heteroatoms. The first kappa shape index (κ1) is 14.3. The summed E-state index contributed by atoms with van der Waals surface area (Å²) in [6.07, 6.45) is 5.42. The van der Waals surface area contributed by atoms with Gasteiger partial charge in [-0.2, -0.15) is 0 Å². The topological polar surface area (TPSA) is 30.2 Å². The molecule has 110 valence electrons. The zero-order chi connectivity index (χ0) is 15.5. The Hall–Kier alpha value is -2.68. The van der Waals surface area contributed by atoms with Gasteiger partial charge in [0, 0.05) is 35.1 Å². The molecule has 0 unspecified atom stereocenters. The molecule has 0 aliphatic heterocycles. The predicted molar refractivity (Wildman–Crippen MR) is 91.5 cm³/mol. The number of hydrogen-bond acceptors (Lipinski definition) is 2. The Morgan fingerprint density at radius 3 is 2.64 bits per heavy atom. The number of aromatic nitrogens is 2. The maximum Gasteiger partial charge on any atom is 0.0813 e. The van der Waals surface area contributed by atoms with Gasteiger partial charge in [-0.3, -0.25) is 9.98 Å². The van der Waals surface area contributed by atoms with Crippen LogP contribution in [-0.4, -0.2) is 15.8 Å². The van der Waals surface area contributed by atoms with Gasteiger partial charge < -0.3 is 4.57 Å². The van der Waals surface area contributed by atoms with Crippen molar-refractivity contribution in [3.05, 3.63) is 77.4 Å². The molecule has 0 radical (unpaired) electrons. The molecule has 3 aromatic rings. The molecular weight excluding hydrogens is 270 g/mol. The summed E-state index contributed by atoms with van der Waals surface area (Å²) < 4.78 is 2.26. The molecule has 22 heavy (non-hydrogen) atoms. The molecule has 3 nitrogen and oxygen atoms in total. The van der Waals surface area contributed by atoms with Crippen molar-refractivity contribution in [2.24, 2.45) is 4.99 Å². The Balaban J connectivity index is 1.99. The monoisotopic (exact) mass is 289 g/mol. The van der Waals surface area contributed by atoms with Gasteiger partial charge in [0.2, 0.25) is 0 Å². The molecule has 3 rings (SSSR count). The second-order valence-corrected chi connectivity index (χ2v) is 5.47. The quantitative estimate of drug-likeness (QED) is 0.651. The minimum atomic E-state index is 0.864. The molecular formula is C19H19N3. The van der Waals surface area contributed by atoms with Gasteiger partial charge >= 0.3 is 0 Å². The van der Waals surface area contributed by atoms with Crippen molar-refractivity contribution in [3.8, 4) is 5.69 Å². The van der Waals surface area contributed by atoms with Gasteiger partial charge in [0.15, 0.2) is 0 Å². The summed E-state index contributed by atoms with van der Waals surface area (Å²) in [5.41, 5.74) is 6.84. The number of aryl methyl sites for hydroxylation is 2. The summed E-state index contributed by atoms with van der Waals surface area (Å²) in [5, 5.41) is 0. The third-order valence-electron chi connectivity index (χ3n) is 3.73. The Labute approximate surface area is 131 Å². The highest BCUT2D eigenvalue weighted by molar-refractivity contribution is 5.84. The van der Waals surface area contributed by atoms with Crippen molar-refractivity contribution in [2.45, 2.75) is 20.8 Å². The van der Waals surface area contributed by atoms with E-state index >= 15 is 0 Å². The molecule has 0 N–H and O–H groups in total. The normalized spacial score (nSPS) is 11.2. The van der Waals surface area contributed by atoms with E-state index in [9.17, 15) is 0 Å². The number of benzene rings is 1. The van der Waals surface area contributed by atoms with Crippen LogP contribution in [0.5, 0.6) is 0 Å². The standard InChI is InChI=1S/C19H19N3/c1-14-6-4-8-19(10-14)22-15(2)11-17(16(22)3)12-21-18-7-5-9-20-13-18/h4-13H,1-3H3. The summed E-state index contributed by atoms with van der Waals surface area (Å²) in [4.78, 5) is 8.58. The molecule has 0 amide bonds. The molecule has 0 atom stereocenters. The van der Waals surface area contributed by atoms with E-state index < -0.39 is 0 Å². The molecule has 2 heterocycles. The largest absolute Gasteiger partial charge is 0.318 e. The van der Waals surface area contributed by atoms with E-state index in [0.717, 1.165) is 11.3 Å².